The Bertz CT molecular complexity index is 1740. The van der Waals surface area contributed by atoms with Gasteiger partial charge in [-0.3, -0.25) is 4.40 Å². The summed E-state index contributed by atoms with van der Waals surface area (Å²) in [6, 6.07) is 41.9. The van der Waals surface area contributed by atoms with Crippen LogP contribution < -0.4 is 20.9 Å². The first-order chi connectivity index (χ1) is 18.0. The van der Waals surface area contributed by atoms with Gasteiger partial charge in [-0.05, 0) is 32.6 Å². The molecule has 3 heterocycles. The summed E-state index contributed by atoms with van der Waals surface area (Å²) in [6.07, 6.45) is 2.30. The highest BCUT2D eigenvalue weighted by atomic mass is 28.3. The first-order valence-electron chi connectivity index (χ1n) is 13.0. The van der Waals surface area contributed by atoms with E-state index in [4.69, 9.17) is 4.42 Å². The predicted octanol–water partition coefficient (Wildman–Crippen LogP) is 5.95. The average molecular weight is 496 g/mol. The fraction of sp³-hybridized carbons (Fsp3) is 0.118. The Morgan fingerprint density at radius 3 is 1.62 bits per heavy atom. The van der Waals surface area contributed by atoms with Crippen molar-refractivity contribution in [2.45, 2.75) is 26.2 Å². The Morgan fingerprint density at radius 2 is 1.11 bits per heavy atom. The molecule has 0 aliphatic rings. The van der Waals surface area contributed by atoms with Crippen LogP contribution in [0.2, 0.25) is 0 Å². The van der Waals surface area contributed by atoms with Crippen LogP contribution >= 0.6 is 0 Å². The standard InChI is InChI=1S/C34H29NOSi/c1-34(2,3)30-23-35-32-27(20-13-21-28(30)32)29-22-31(36-33(29)35)37(24-14-7-4-8-15-24,25-16-9-5-10-17-25)26-18-11-6-12-19-26/h4-23H,1-3H3. The number of benzene rings is 4. The maximum Gasteiger partial charge on any atom is 0.223 e. The van der Waals surface area contributed by atoms with Gasteiger partial charge in [-0.2, -0.15) is 0 Å². The molecule has 0 radical (unpaired) electrons. The zero-order chi connectivity index (χ0) is 25.2. The Labute approximate surface area is 218 Å². The largest absolute Gasteiger partial charge is 0.448 e. The van der Waals surface area contributed by atoms with E-state index in [1.165, 1.54) is 42.8 Å². The van der Waals surface area contributed by atoms with Crippen molar-refractivity contribution in [3.05, 3.63) is 127 Å². The molecule has 7 aromatic rings. The molecule has 37 heavy (non-hydrogen) atoms. The Hall–Kier alpha value is -4.08. The molecule has 3 heteroatoms. The van der Waals surface area contributed by atoms with Crippen LogP contribution in [-0.4, -0.2) is 12.5 Å². The number of hydrogen-bond donors (Lipinski definition) is 0. The van der Waals surface area contributed by atoms with Crippen molar-refractivity contribution in [2.75, 3.05) is 0 Å². The third-order valence-corrected chi connectivity index (χ3v) is 12.4. The van der Waals surface area contributed by atoms with Crippen molar-refractivity contribution >= 4 is 56.4 Å². The molecule has 0 fully saturated rings. The lowest BCUT2D eigenvalue weighted by Gasteiger charge is -2.31. The summed E-state index contributed by atoms with van der Waals surface area (Å²) in [7, 11) is -2.71. The first kappa shape index (κ1) is 22.1. The molecule has 0 aliphatic carbocycles. The lowest BCUT2D eigenvalue weighted by molar-refractivity contribution is 0.593. The molecule has 7 rings (SSSR count). The Morgan fingerprint density at radius 1 is 0.595 bits per heavy atom. The van der Waals surface area contributed by atoms with E-state index < -0.39 is 8.07 Å². The number of para-hydroxylation sites is 1. The van der Waals surface area contributed by atoms with Gasteiger partial charge in [0.2, 0.25) is 13.8 Å². The second kappa shape index (κ2) is 7.96. The molecule has 0 atom stereocenters. The molecule has 4 aromatic carbocycles. The molecular weight excluding hydrogens is 466 g/mol. The Kier molecular flexibility index (Phi) is 4.76. The predicted molar refractivity (Wildman–Crippen MR) is 158 cm³/mol. The molecule has 180 valence electrons. The molecule has 0 spiro atoms. The van der Waals surface area contributed by atoms with Gasteiger partial charge in [-0.1, -0.05) is 130 Å². The third kappa shape index (κ3) is 3.11. The smallest absolute Gasteiger partial charge is 0.223 e. The average Bonchev–Trinajstić information content (AvgIpc) is 3.60. The number of fused-ring (bicyclic) bond motifs is 3. The molecule has 0 aliphatic heterocycles. The van der Waals surface area contributed by atoms with Gasteiger partial charge < -0.3 is 4.42 Å². The lowest BCUT2D eigenvalue weighted by Crippen LogP contribution is -2.74. The van der Waals surface area contributed by atoms with E-state index in [2.05, 4.69) is 147 Å². The summed E-state index contributed by atoms with van der Waals surface area (Å²) >= 11 is 0. The minimum atomic E-state index is -2.71. The summed E-state index contributed by atoms with van der Waals surface area (Å²) in [5, 5.41) is 8.79. The van der Waals surface area contributed by atoms with Crippen LogP contribution in [0.1, 0.15) is 26.3 Å². The highest BCUT2D eigenvalue weighted by Gasteiger charge is 2.45. The fourth-order valence-electron chi connectivity index (χ4n) is 6.19. The van der Waals surface area contributed by atoms with Gasteiger partial charge in [0, 0.05) is 22.4 Å². The molecule has 3 aromatic heterocycles. The van der Waals surface area contributed by atoms with Crippen LogP contribution in [0.15, 0.2) is 126 Å². The Balaban J connectivity index is 1.62. The molecule has 0 amide bonds. The first-order valence-corrected chi connectivity index (χ1v) is 15.0. The van der Waals surface area contributed by atoms with Gasteiger partial charge >= 0.3 is 0 Å². The topological polar surface area (TPSA) is 17.6 Å². The molecule has 0 saturated carbocycles. The lowest BCUT2D eigenvalue weighted by atomic mass is 9.86. The molecule has 0 bridgehead atoms. The number of aromatic nitrogens is 1. The van der Waals surface area contributed by atoms with Crippen LogP contribution in [-0.2, 0) is 5.41 Å². The molecule has 0 unspecified atom stereocenters. The zero-order valence-corrected chi connectivity index (χ0v) is 22.4. The van der Waals surface area contributed by atoms with Crippen LogP contribution in [0, 0.1) is 0 Å². The summed E-state index contributed by atoms with van der Waals surface area (Å²) in [5.41, 5.74) is 3.60. The molecule has 0 N–H and O–H groups in total. The third-order valence-electron chi connectivity index (χ3n) is 7.84. The van der Waals surface area contributed by atoms with E-state index in [-0.39, 0.29) is 5.41 Å². The van der Waals surface area contributed by atoms with Crippen LogP contribution in [0.3, 0.4) is 0 Å². The second-order valence-electron chi connectivity index (χ2n) is 11.0. The minimum Gasteiger partial charge on any atom is -0.448 e. The van der Waals surface area contributed by atoms with E-state index in [1.807, 2.05) is 0 Å². The normalized spacial score (nSPS) is 12.7. The summed E-state index contributed by atoms with van der Waals surface area (Å²) < 4.78 is 9.37. The SMILES string of the molecule is CC(C)(C)c1cn2c3oc([Si](c4ccccc4)(c4ccccc4)c4ccccc4)cc3c3cccc1c32. The highest BCUT2D eigenvalue weighted by Crippen LogP contribution is 2.39. The van der Waals surface area contributed by atoms with Crippen LogP contribution in [0.5, 0.6) is 0 Å². The summed E-state index contributed by atoms with van der Waals surface area (Å²) in [6.45, 7) is 6.85. The van der Waals surface area contributed by atoms with Crippen molar-refractivity contribution in [3.63, 3.8) is 0 Å². The van der Waals surface area contributed by atoms with Gasteiger partial charge in [0.1, 0.15) is 5.38 Å². The summed E-state index contributed by atoms with van der Waals surface area (Å²) in [5.74, 6) is 0. The number of furan rings is 1. The van der Waals surface area contributed by atoms with E-state index in [0.29, 0.717) is 0 Å². The zero-order valence-electron chi connectivity index (χ0n) is 21.4. The van der Waals surface area contributed by atoms with Gasteiger partial charge in [-0.25, -0.2) is 0 Å². The quantitative estimate of drug-likeness (QED) is 0.218. The van der Waals surface area contributed by atoms with Gasteiger partial charge in [0.25, 0.3) is 0 Å². The highest BCUT2D eigenvalue weighted by molar-refractivity contribution is 7.19. The van der Waals surface area contributed by atoms with Gasteiger partial charge in [-0.15, -0.1) is 0 Å². The second-order valence-corrected chi connectivity index (χ2v) is 14.8. The van der Waals surface area contributed by atoms with Gasteiger partial charge in [0.05, 0.1) is 5.52 Å². The summed E-state index contributed by atoms with van der Waals surface area (Å²) in [4.78, 5) is 0. The maximum atomic E-state index is 7.08. The van der Waals surface area contributed by atoms with E-state index in [9.17, 15) is 0 Å². The number of rotatable bonds is 4. The van der Waals surface area contributed by atoms with E-state index in [0.717, 1.165) is 11.1 Å². The van der Waals surface area contributed by atoms with Crippen molar-refractivity contribution in [3.8, 4) is 0 Å². The minimum absolute atomic E-state index is 0.0473. The molecule has 0 saturated heterocycles. The maximum absolute atomic E-state index is 7.08. The number of hydrogen-bond acceptors (Lipinski definition) is 1. The van der Waals surface area contributed by atoms with E-state index >= 15 is 0 Å². The van der Waals surface area contributed by atoms with Crippen LogP contribution in [0.25, 0.3) is 27.4 Å². The molecule has 2 nitrogen and oxygen atoms in total. The van der Waals surface area contributed by atoms with Crippen molar-refractivity contribution < 1.29 is 4.42 Å². The monoisotopic (exact) mass is 495 g/mol. The number of nitrogens with zero attached hydrogens (tertiary/aromatic N) is 1. The van der Waals surface area contributed by atoms with Crippen molar-refractivity contribution in [2.24, 2.45) is 0 Å². The van der Waals surface area contributed by atoms with E-state index in [1.54, 1.807) is 0 Å². The molecular formula is C34H29NOSi. The van der Waals surface area contributed by atoms with Crippen LogP contribution in [0.4, 0.5) is 0 Å². The van der Waals surface area contributed by atoms with Crippen molar-refractivity contribution in [1.29, 1.82) is 0 Å². The van der Waals surface area contributed by atoms with Gasteiger partial charge in [0.15, 0.2) is 0 Å². The fourth-order valence-corrected chi connectivity index (χ4v) is 10.7. The van der Waals surface area contributed by atoms with Crippen molar-refractivity contribution in [1.82, 2.24) is 4.40 Å².